The van der Waals surface area contributed by atoms with E-state index >= 15 is 0 Å². The van der Waals surface area contributed by atoms with E-state index in [-0.39, 0.29) is 0 Å². The zero-order chi connectivity index (χ0) is 13.4. The van der Waals surface area contributed by atoms with E-state index in [1.165, 1.54) is 0 Å². The Kier molecular flexibility index (Phi) is 3.30. The molecular formula is C10H9F3O4. The summed E-state index contributed by atoms with van der Waals surface area (Å²) in [5.41, 5.74) is -2.21. The summed E-state index contributed by atoms with van der Waals surface area (Å²) in [7, 11) is 2.07. The average molecular weight is 250 g/mol. The van der Waals surface area contributed by atoms with E-state index < -0.39 is 40.4 Å². The Morgan fingerprint density at radius 3 is 1.71 bits per heavy atom. The number of rotatable bonds is 2. The van der Waals surface area contributed by atoms with Gasteiger partial charge in [0, 0.05) is 5.57 Å². The summed E-state index contributed by atoms with van der Waals surface area (Å²) in [6.07, 6.45) is -4.90. The highest BCUT2D eigenvalue weighted by atomic mass is 19.4. The fraction of sp³-hybridized carbons (Fsp3) is 0.400. The molecule has 0 heterocycles. The second-order valence-electron chi connectivity index (χ2n) is 3.22. The van der Waals surface area contributed by atoms with Crippen LogP contribution in [0, 0.1) is 0 Å². The maximum absolute atomic E-state index is 12.6. The van der Waals surface area contributed by atoms with Crippen LogP contribution in [0.1, 0.15) is 6.92 Å². The van der Waals surface area contributed by atoms with Crippen molar-refractivity contribution in [2.45, 2.75) is 13.1 Å². The van der Waals surface area contributed by atoms with Crippen molar-refractivity contribution in [2.24, 2.45) is 0 Å². The second kappa shape index (κ2) is 4.23. The zero-order valence-electron chi connectivity index (χ0n) is 9.27. The first kappa shape index (κ1) is 13.3. The Labute approximate surface area is 94.7 Å². The summed E-state index contributed by atoms with van der Waals surface area (Å²) in [5, 5.41) is 0. The van der Waals surface area contributed by atoms with Crippen LogP contribution in [0.3, 0.4) is 0 Å². The summed E-state index contributed by atoms with van der Waals surface area (Å²) >= 11 is 0. The van der Waals surface area contributed by atoms with Crippen LogP contribution in [0.25, 0.3) is 0 Å². The Hall–Kier alpha value is -1.79. The third-order valence-corrected chi connectivity index (χ3v) is 2.25. The van der Waals surface area contributed by atoms with Gasteiger partial charge in [-0.25, -0.2) is 0 Å². The minimum Gasteiger partial charge on any atom is -0.489 e. The molecule has 4 nitrogen and oxygen atoms in total. The number of alkyl halides is 3. The predicted octanol–water partition coefficient (Wildman–Crippen LogP) is 1.52. The van der Waals surface area contributed by atoms with Crippen LogP contribution >= 0.6 is 0 Å². The van der Waals surface area contributed by atoms with Crippen molar-refractivity contribution in [3.63, 3.8) is 0 Å². The first-order valence-electron chi connectivity index (χ1n) is 4.45. The van der Waals surface area contributed by atoms with Gasteiger partial charge in [0.15, 0.2) is 0 Å². The number of ether oxygens (including phenoxy) is 2. The molecule has 0 aromatic rings. The molecule has 0 aromatic heterocycles. The summed E-state index contributed by atoms with van der Waals surface area (Å²) in [6.45, 7) is 0.925. The SMILES string of the molecule is COC1=C(OC)C(=O)C(C(F)(F)F)=C(C)C1=O. The van der Waals surface area contributed by atoms with Gasteiger partial charge in [0.05, 0.1) is 14.2 Å². The van der Waals surface area contributed by atoms with Gasteiger partial charge in [-0.15, -0.1) is 0 Å². The van der Waals surface area contributed by atoms with Gasteiger partial charge in [0.1, 0.15) is 5.57 Å². The lowest BCUT2D eigenvalue weighted by Gasteiger charge is -2.21. The van der Waals surface area contributed by atoms with Crippen LogP contribution < -0.4 is 0 Å². The molecule has 0 spiro atoms. The van der Waals surface area contributed by atoms with E-state index in [4.69, 9.17) is 0 Å². The lowest BCUT2D eigenvalue weighted by molar-refractivity contribution is -0.133. The van der Waals surface area contributed by atoms with Crippen molar-refractivity contribution in [2.75, 3.05) is 14.2 Å². The van der Waals surface area contributed by atoms with Crippen LogP contribution in [0.5, 0.6) is 0 Å². The maximum atomic E-state index is 12.6. The molecule has 17 heavy (non-hydrogen) atoms. The Morgan fingerprint density at radius 2 is 1.35 bits per heavy atom. The lowest BCUT2D eigenvalue weighted by Crippen LogP contribution is -2.32. The predicted molar refractivity (Wildman–Crippen MR) is 49.8 cm³/mol. The normalized spacial score (nSPS) is 17.8. The Morgan fingerprint density at radius 1 is 0.941 bits per heavy atom. The van der Waals surface area contributed by atoms with Crippen molar-refractivity contribution in [1.82, 2.24) is 0 Å². The monoisotopic (exact) mass is 250 g/mol. The van der Waals surface area contributed by atoms with E-state index in [1.807, 2.05) is 0 Å². The molecule has 1 aliphatic rings. The van der Waals surface area contributed by atoms with Crippen LogP contribution in [0.2, 0.25) is 0 Å². The number of ketones is 2. The molecule has 0 bridgehead atoms. The molecule has 0 saturated heterocycles. The topological polar surface area (TPSA) is 52.6 Å². The number of methoxy groups -OCH3 is 2. The van der Waals surface area contributed by atoms with E-state index in [2.05, 4.69) is 9.47 Å². The summed E-state index contributed by atoms with van der Waals surface area (Å²) in [4.78, 5) is 23.1. The maximum Gasteiger partial charge on any atom is 0.420 e. The second-order valence-corrected chi connectivity index (χ2v) is 3.22. The van der Waals surface area contributed by atoms with Crippen LogP contribution in [0.15, 0.2) is 22.7 Å². The molecule has 7 heteroatoms. The zero-order valence-corrected chi connectivity index (χ0v) is 9.27. The number of halogens is 3. The third kappa shape index (κ3) is 2.04. The molecular weight excluding hydrogens is 241 g/mol. The van der Waals surface area contributed by atoms with Gasteiger partial charge in [-0.1, -0.05) is 0 Å². The van der Waals surface area contributed by atoms with E-state index in [0.717, 1.165) is 21.1 Å². The summed E-state index contributed by atoms with van der Waals surface area (Å²) < 4.78 is 46.9. The van der Waals surface area contributed by atoms with Crippen molar-refractivity contribution in [1.29, 1.82) is 0 Å². The summed E-state index contributed by atoms with van der Waals surface area (Å²) in [6, 6.07) is 0. The van der Waals surface area contributed by atoms with Gasteiger partial charge in [0.25, 0.3) is 0 Å². The molecule has 1 aliphatic carbocycles. The molecule has 0 atom stereocenters. The lowest BCUT2D eigenvalue weighted by atomic mass is 9.93. The number of Topliss-reactive ketones (excluding diaryl/α,β-unsaturated/α-hetero) is 2. The molecule has 0 aromatic carbocycles. The minimum absolute atomic E-state index is 0.511. The Balaban J connectivity index is 3.45. The largest absolute Gasteiger partial charge is 0.489 e. The number of allylic oxidation sites excluding steroid dienone is 2. The van der Waals surface area contributed by atoms with E-state index in [0.29, 0.717) is 0 Å². The van der Waals surface area contributed by atoms with Crippen molar-refractivity contribution in [3.05, 3.63) is 22.7 Å². The van der Waals surface area contributed by atoms with Crippen molar-refractivity contribution < 1.29 is 32.2 Å². The third-order valence-electron chi connectivity index (χ3n) is 2.25. The van der Waals surface area contributed by atoms with Gasteiger partial charge in [-0.05, 0) is 6.92 Å². The van der Waals surface area contributed by atoms with Crippen molar-refractivity contribution >= 4 is 11.6 Å². The van der Waals surface area contributed by atoms with Gasteiger partial charge < -0.3 is 9.47 Å². The highest BCUT2D eigenvalue weighted by molar-refractivity contribution is 6.23. The molecule has 0 N–H and O–H groups in total. The van der Waals surface area contributed by atoms with Crippen LogP contribution in [-0.4, -0.2) is 32.0 Å². The van der Waals surface area contributed by atoms with Crippen molar-refractivity contribution in [3.8, 4) is 0 Å². The molecule has 0 aliphatic heterocycles. The fourth-order valence-electron chi connectivity index (χ4n) is 1.49. The number of carbonyl (C=O) groups excluding carboxylic acids is 2. The first-order chi connectivity index (χ1) is 7.75. The Bertz CT molecular complexity index is 443. The molecule has 0 fully saturated rings. The van der Waals surface area contributed by atoms with Crippen LogP contribution in [0.4, 0.5) is 13.2 Å². The van der Waals surface area contributed by atoms with E-state index in [1.54, 1.807) is 0 Å². The number of hydrogen-bond acceptors (Lipinski definition) is 4. The molecule has 1 rings (SSSR count). The smallest absolute Gasteiger partial charge is 0.420 e. The quantitative estimate of drug-likeness (QED) is 0.697. The molecule has 0 amide bonds. The molecule has 0 unspecified atom stereocenters. The van der Waals surface area contributed by atoms with Gasteiger partial charge in [0.2, 0.25) is 23.1 Å². The fourth-order valence-corrected chi connectivity index (χ4v) is 1.49. The van der Waals surface area contributed by atoms with Gasteiger partial charge >= 0.3 is 6.18 Å². The van der Waals surface area contributed by atoms with Gasteiger partial charge in [-0.3, -0.25) is 9.59 Å². The first-order valence-corrected chi connectivity index (χ1v) is 4.45. The van der Waals surface area contributed by atoms with Gasteiger partial charge in [-0.2, -0.15) is 13.2 Å². The summed E-state index contributed by atoms with van der Waals surface area (Å²) in [5.74, 6) is -3.64. The highest BCUT2D eigenvalue weighted by Gasteiger charge is 2.47. The molecule has 94 valence electrons. The molecule has 0 saturated carbocycles. The standard InChI is InChI=1S/C10H9F3O4/c1-4-5(10(11,12)13)7(15)9(17-3)8(16-2)6(4)14/h1-3H3. The average Bonchev–Trinajstić information content (AvgIpc) is 2.21. The molecule has 0 radical (unpaired) electrons. The van der Waals surface area contributed by atoms with Crippen LogP contribution in [-0.2, 0) is 19.1 Å². The minimum atomic E-state index is -4.90. The van der Waals surface area contributed by atoms with E-state index in [9.17, 15) is 22.8 Å². The number of carbonyl (C=O) groups is 2. The number of hydrogen-bond donors (Lipinski definition) is 0. The highest BCUT2D eigenvalue weighted by Crippen LogP contribution is 2.36.